The molecule has 27 heavy (non-hydrogen) atoms. The van der Waals surface area contributed by atoms with Gasteiger partial charge in [0.2, 0.25) is 0 Å². The molecule has 2 atom stereocenters. The van der Waals surface area contributed by atoms with Crippen LogP contribution in [0.1, 0.15) is 53.0 Å². The summed E-state index contributed by atoms with van der Waals surface area (Å²) >= 11 is 0. The lowest BCUT2D eigenvalue weighted by atomic mass is 9.82. The van der Waals surface area contributed by atoms with Crippen LogP contribution in [0.5, 0.6) is 0 Å². The van der Waals surface area contributed by atoms with Crippen molar-refractivity contribution in [2.24, 2.45) is 4.99 Å². The second-order valence-electron chi connectivity index (χ2n) is 7.43. The van der Waals surface area contributed by atoms with Crippen molar-refractivity contribution in [3.8, 4) is 0 Å². The highest BCUT2D eigenvalue weighted by atomic mass is 31.1. The van der Waals surface area contributed by atoms with Gasteiger partial charge in [0, 0.05) is 34.6 Å². The molecule has 0 aliphatic carbocycles. The lowest BCUT2D eigenvalue weighted by Gasteiger charge is -2.41. The van der Waals surface area contributed by atoms with Crippen LogP contribution in [0.15, 0.2) is 40.5 Å². The van der Waals surface area contributed by atoms with Gasteiger partial charge in [0.05, 0.1) is 10.5 Å². The molecule has 1 aliphatic rings. The molecule has 6 nitrogen and oxygen atoms in total. The van der Waals surface area contributed by atoms with Gasteiger partial charge in [-0.3, -0.25) is 15.1 Å². The summed E-state index contributed by atoms with van der Waals surface area (Å²) in [6, 6.07) is 6.50. The summed E-state index contributed by atoms with van der Waals surface area (Å²) in [6.07, 6.45) is 0. The average Bonchev–Trinajstić information content (AvgIpc) is 2.55. The Morgan fingerprint density at radius 2 is 1.74 bits per heavy atom. The number of aliphatic carboxylic acids is 1. The summed E-state index contributed by atoms with van der Waals surface area (Å²) in [6.45, 7) is 12.2. The van der Waals surface area contributed by atoms with E-state index < -0.39 is 24.7 Å². The number of carboxylic acid groups (broad SMARTS) is 1. The number of rotatable bonds is 6. The summed E-state index contributed by atoms with van der Waals surface area (Å²) in [7, 11) is -0.652. The third-order valence-electron chi connectivity index (χ3n) is 5.00. The fourth-order valence-corrected chi connectivity index (χ4v) is 7.79. The zero-order valence-electron chi connectivity index (χ0n) is 16.6. The number of allylic oxidation sites excluding steroid dienone is 1. The van der Waals surface area contributed by atoms with Gasteiger partial charge in [0.1, 0.15) is 0 Å². The molecule has 0 amide bonds. The molecule has 0 fully saturated rings. The number of carboxylic acids is 1. The first-order chi connectivity index (χ1) is 12.6. The fraction of sp³-hybridized carbons (Fsp3) is 0.500. The van der Waals surface area contributed by atoms with E-state index in [1.165, 1.54) is 6.07 Å². The number of hydrogen-bond donors (Lipinski definition) is 1. The van der Waals surface area contributed by atoms with Gasteiger partial charge in [0.15, 0.2) is 0 Å². The van der Waals surface area contributed by atoms with Crippen LogP contribution < -0.4 is 0 Å². The highest BCUT2D eigenvalue weighted by Crippen LogP contribution is 2.59. The largest absolute Gasteiger partial charge is 0.478 e. The molecule has 7 heteroatoms. The van der Waals surface area contributed by atoms with Crippen molar-refractivity contribution in [2.75, 3.05) is 0 Å². The third-order valence-corrected chi connectivity index (χ3v) is 8.70. The molecule has 146 valence electrons. The Labute approximate surface area is 161 Å². The molecule has 1 aliphatic heterocycles. The van der Waals surface area contributed by atoms with Crippen LogP contribution in [-0.4, -0.2) is 38.7 Å². The van der Waals surface area contributed by atoms with Crippen molar-refractivity contribution in [1.29, 1.82) is 0 Å². The maximum Gasteiger partial charge on any atom is 0.334 e. The topological polar surface area (TPSA) is 92.8 Å². The number of para-hydroxylation sites is 1. The molecule has 0 aromatic heterocycles. The minimum absolute atomic E-state index is 0.0313. The third kappa shape index (κ3) is 4.11. The summed E-state index contributed by atoms with van der Waals surface area (Å²) < 4.78 is 0. The van der Waals surface area contributed by atoms with E-state index in [0.717, 1.165) is 5.71 Å². The van der Waals surface area contributed by atoms with Crippen LogP contribution in [0.3, 0.4) is 0 Å². The van der Waals surface area contributed by atoms with Gasteiger partial charge in [-0.1, -0.05) is 53.8 Å². The Morgan fingerprint density at radius 1 is 1.19 bits per heavy atom. The van der Waals surface area contributed by atoms with Crippen molar-refractivity contribution in [3.05, 3.63) is 51.2 Å². The van der Waals surface area contributed by atoms with Crippen molar-refractivity contribution in [2.45, 2.75) is 64.4 Å². The smallest absolute Gasteiger partial charge is 0.334 e. The maximum absolute atomic E-state index is 12.2. The summed E-state index contributed by atoms with van der Waals surface area (Å²) in [5.41, 5.74) is 2.45. The minimum Gasteiger partial charge on any atom is -0.478 e. The van der Waals surface area contributed by atoms with Crippen molar-refractivity contribution in [3.63, 3.8) is 0 Å². The standard InChI is InChI=1S/C20H27N2O4P/c1-11(2)27(12(3)4)19-14(6)21-13(5)17(20(23)24)18(19)15-9-7-8-10-16(15)22(25)26/h7-12,18-19H,1-6H3,(H,23,24). The Kier molecular flexibility index (Phi) is 6.53. The molecule has 0 bridgehead atoms. The average molecular weight is 390 g/mol. The molecular formula is C20H27N2O4P. The van der Waals surface area contributed by atoms with Crippen molar-refractivity contribution in [1.82, 2.24) is 0 Å². The second-order valence-corrected chi connectivity index (χ2v) is 10.9. The number of benzene rings is 1. The number of carbonyl (C=O) groups is 1. The molecule has 0 saturated carbocycles. The van der Waals surface area contributed by atoms with Gasteiger partial charge in [-0.2, -0.15) is 0 Å². The molecule has 2 unspecified atom stereocenters. The molecule has 0 radical (unpaired) electrons. The van der Waals surface area contributed by atoms with Gasteiger partial charge >= 0.3 is 5.97 Å². The van der Waals surface area contributed by atoms with E-state index in [1.54, 1.807) is 25.1 Å². The lowest BCUT2D eigenvalue weighted by molar-refractivity contribution is -0.385. The highest BCUT2D eigenvalue weighted by Gasteiger charge is 2.44. The quantitative estimate of drug-likeness (QED) is 0.411. The second kappa shape index (κ2) is 8.30. The van der Waals surface area contributed by atoms with Crippen LogP contribution in [0, 0.1) is 10.1 Å². The van der Waals surface area contributed by atoms with Crippen molar-refractivity contribution < 1.29 is 14.8 Å². The molecule has 1 heterocycles. The number of hydrogen-bond acceptors (Lipinski definition) is 4. The van der Waals surface area contributed by atoms with E-state index in [2.05, 4.69) is 32.7 Å². The number of aliphatic imine (C=N–C) groups is 1. The maximum atomic E-state index is 12.2. The summed E-state index contributed by atoms with van der Waals surface area (Å²) in [4.78, 5) is 28.0. The number of nitro benzene ring substituents is 1. The molecule has 0 saturated heterocycles. The first kappa shape index (κ1) is 21.2. The molecule has 1 N–H and O–H groups in total. The SMILES string of the molecule is CC1=NC(C)=C(C(=O)O)C(c2ccccc2[N+](=O)[O-])C1P(C(C)C)C(C)C. The predicted molar refractivity (Wildman–Crippen MR) is 110 cm³/mol. The van der Waals surface area contributed by atoms with E-state index in [9.17, 15) is 20.0 Å². The van der Waals surface area contributed by atoms with Crippen LogP contribution >= 0.6 is 7.92 Å². The molecular weight excluding hydrogens is 363 g/mol. The van der Waals surface area contributed by atoms with Gasteiger partial charge < -0.3 is 5.11 Å². The van der Waals surface area contributed by atoms with Gasteiger partial charge in [-0.25, -0.2) is 4.79 Å². The van der Waals surface area contributed by atoms with Crippen LogP contribution in [0.4, 0.5) is 5.69 Å². The zero-order valence-corrected chi connectivity index (χ0v) is 17.5. The first-order valence-corrected chi connectivity index (χ1v) is 10.6. The fourth-order valence-electron chi connectivity index (χ4n) is 4.17. The summed E-state index contributed by atoms with van der Waals surface area (Å²) in [5.74, 6) is -1.63. The Morgan fingerprint density at radius 3 is 2.22 bits per heavy atom. The molecule has 0 spiro atoms. The Hall–Kier alpha value is -2.07. The lowest BCUT2D eigenvalue weighted by Crippen LogP contribution is -2.36. The Bertz CT molecular complexity index is 806. The summed E-state index contributed by atoms with van der Waals surface area (Å²) in [5, 5.41) is 21.6. The predicted octanol–water partition coefficient (Wildman–Crippen LogP) is 5.18. The van der Waals surface area contributed by atoms with E-state index in [4.69, 9.17) is 0 Å². The minimum atomic E-state index is -1.06. The monoisotopic (exact) mass is 390 g/mol. The zero-order chi connectivity index (χ0) is 20.5. The van der Waals surface area contributed by atoms with Crippen LogP contribution in [0.2, 0.25) is 0 Å². The van der Waals surface area contributed by atoms with Crippen LogP contribution in [-0.2, 0) is 4.79 Å². The van der Waals surface area contributed by atoms with E-state index in [0.29, 0.717) is 22.6 Å². The molecule has 1 aromatic rings. The van der Waals surface area contributed by atoms with Crippen LogP contribution in [0.25, 0.3) is 0 Å². The van der Waals surface area contributed by atoms with E-state index in [1.807, 2.05) is 6.92 Å². The van der Waals surface area contributed by atoms with Gasteiger partial charge in [-0.15, -0.1) is 0 Å². The highest BCUT2D eigenvalue weighted by molar-refractivity contribution is 7.61. The normalized spacial score (nSPS) is 20.4. The van der Waals surface area contributed by atoms with E-state index in [-0.39, 0.29) is 16.9 Å². The van der Waals surface area contributed by atoms with Gasteiger partial charge in [-0.05, 0) is 25.2 Å². The molecule has 2 rings (SSSR count). The first-order valence-electron chi connectivity index (χ1n) is 9.07. The number of nitro groups is 1. The van der Waals surface area contributed by atoms with E-state index >= 15 is 0 Å². The Balaban J connectivity index is 2.81. The molecule has 1 aromatic carbocycles. The number of nitrogens with zero attached hydrogens (tertiary/aromatic N) is 2. The van der Waals surface area contributed by atoms with Gasteiger partial charge in [0.25, 0.3) is 5.69 Å². The van der Waals surface area contributed by atoms with Crippen molar-refractivity contribution >= 4 is 25.3 Å².